The largest absolute Gasteiger partial charge is 0.468 e. The SMILES string of the molecule is COC(=O)[C@H](CC(C)C)NO. The fraction of sp³-hybridized carbons (Fsp3) is 0.857. The zero-order valence-corrected chi connectivity index (χ0v) is 7.13. The molecule has 0 radical (unpaired) electrons. The highest BCUT2D eigenvalue weighted by Gasteiger charge is 2.18. The first kappa shape index (κ1) is 10.4. The lowest BCUT2D eigenvalue weighted by Gasteiger charge is -2.13. The number of hydrogen-bond acceptors (Lipinski definition) is 4. The molecule has 0 aromatic heterocycles. The second-order valence-electron chi connectivity index (χ2n) is 2.83. The van der Waals surface area contributed by atoms with E-state index in [2.05, 4.69) is 4.74 Å². The number of carbonyl (C=O) groups is 1. The van der Waals surface area contributed by atoms with Crippen molar-refractivity contribution in [3.8, 4) is 0 Å². The molecule has 0 fully saturated rings. The van der Waals surface area contributed by atoms with Gasteiger partial charge < -0.3 is 9.94 Å². The molecule has 0 saturated heterocycles. The number of nitrogens with one attached hydrogen (secondary N) is 1. The summed E-state index contributed by atoms with van der Waals surface area (Å²) < 4.78 is 4.44. The third-order valence-corrected chi connectivity index (χ3v) is 1.35. The van der Waals surface area contributed by atoms with Gasteiger partial charge >= 0.3 is 5.97 Å². The Morgan fingerprint density at radius 1 is 1.64 bits per heavy atom. The molecule has 1 atom stereocenters. The first-order valence-electron chi connectivity index (χ1n) is 3.59. The molecular formula is C7H15NO3. The van der Waals surface area contributed by atoms with E-state index in [1.807, 2.05) is 19.3 Å². The maximum Gasteiger partial charge on any atom is 0.325 e. The molecular weight excluding hydrogens is 146 g/mol. The van der Waals surface area contributed by atoms with Gasteiger partial charge in [-0.1, -0.05) is 13.8 Å². The molecule has 0 aliphatic rings. The van der Waals surface area contributed by atoms with Crippen LogP contribution in [0.5, 0.6) is 0 Å². The summed E-state index contributed by atoms with van der Waals surface area (Å²) in [5.74, 6) is -0.0834. The lowest BCUT2D eigenvalue weighted by Crippen LogP contribution is -2.36. The van der Waals surface area contributed by atoms with Crippen LogP contribution in [0.3, 0.4) is 0 Å². The predicted molar refractivity (Wildman–Crippen MR) is 40.2 cm³/mol. The standard InChI is InChI=1S/C7H15NO3/c1-5(2)4-6(8-10)7(9)11-3/h5-6,8,10H,4H2,1-3H3/t6-/m0/s1. The molecule has 0 unspecified atom stereocenters. The Bertz CT molecular complexity index is 125. The molecule has 0 aromatic rings. The first-order valence-corrected chi connectivity index (χ1v) is 3.59. The lowest BCUT2D eigenvalue weighted by molar-refractivity contribution is -0.146. The van der Waals surface area contributed by atoms with Gasteiger partial charge in [0.25, 0.3) is 0 Å². The second-order valence-corrected chi connectivity index (χ2v) is 2.83. The normalized spacial score (nSPS) is 13.2. The van der Waals surface area contributed by atoms with Gasteiger partial charge in [0.2, 0.25) is 0 Å². The Morgan fingerprint density at radius 2 is 2.18 bits per heavy atom. The molecule has 0 aromatic carbocycles. The van der Waals surface area contributed by atoms with Crippen LogP contribution < -0.4 is 5.48 Å². The second kappa shape index (κ2) is 5.09. The minimum absolute atomic E-state index is 0.346. The van der Waals surface area contributed by atoms with Gasteiger partial charge in [0, 0.05) is 0 Å². The third-order valence-electron chi connectivity index (χ3n) is 1.35. The van der Waals surface area contributed by atoms with E-state index >= 15 is 0 Å². The first-order chi connectivity index (χ1) is 5.11. The average molecular weight is 161 g/mol. The van der Waals surface area contributed by atoms with Gasteiger partial charge in [-0.15, -0.1) is 0 Å². The number of carbonyl (C=O) groups excluding carboxylic acids is 1. The number of hydroxylamine groups is 1. The van der Waals surface area contributed by atoms with E-state index in [4.69, 9.17) is 5.21 Å². The summed E-state index contributed by atoms with van der Waals surface area (Å²) in [5.41, 5.74) is 1.91. The van der Waals surface area contributed by atoms with Gasteiger partial charge in [-0.2, -0.15) is 5.48 Å². The van der Waals surface area contributed by atoms with Crippen LogP contribution in [0.1, 0.15) is 20.3 Å². The molecule has 0 amide bonds. The minimum atomic E-state index is -0.597. The monoisotopic (exact) mass is 161 g/mol. The number of rotatable bonds is 4. The molecule has 0 aliphatic carbocycles. The molecule has 0 bridgehead atoms. The van der Waals surface area contributed by atoms with E-state index in [-0.39, 0.29) is 0 Å². The Kier molecular flexibility index (Phi) is 4.81. The van der Waals surface area contributed by atoms with Gasteiger partial charge in [-0.3, -0.25) is 4.79 Å². The zero-order chi connectivity index (χ0) is 8.85. The van der Waals surface area contributed by atoms with Gasteiger partial charge in [-0.05, 0) is 12.3 Å². The average Bonchev–Trinajstić information content (AvgIpc) is 1.98. The highest BCUT2D eigenvalue weighted by Crippen LogP contribution is 2.04. The van der Waals surface area contributed by atoms with Crippen LogP contribution in [-0.4, -0.2) is 24.3 Å². The van der Waals surface area contributed by atoms with Crippen molar-refractivity contribution in [2.45, 2.75) is 26.3 Å². The van der Waals surface area contributed by atoms with Crippen molar-refractivity contribution in [3.63, 3.8) is 0 Å². The van der Waals surface area contributed by atoms with Crippen LogP contribution in [0, 0.1) is 5.92 Å². The number of hydrogen-bond donors (Lipinski definition) is 2. The van der Waals surface area contributed by atoms with Crippen molar-refractivity contribution in [1.82, 2.24) is 5.48 Å². The van der Waals surface area contributed by atoms with Crippen molar-refractivity contribution in [3.05, 3.63) is 0 Å². The van der Waals surface area contributed by atoms with Gasteiger partial charge in [0.05, 0.1) is 7.11 Å². The molecule has 66 valence electrons. The van der Waals surface area contributed by atoms with Crippen LogP contribution in [0.2, 0.25) is 0 Å². The van der Waals surface area contributed by atoms with Crippen LogP contribution >= 0.6 is 0 Å². The van der Waals surface area contributed by atoms with Crippen LogP contribution in [-0.2, 0) is 9.53 Å². The van der Waals surface area contributed by atoms with E-state index in [9.17, 15) is 4.79 Å². The van der Waals surface area contributed by atoms with Crippen molar-refractivity contribution < 1.29 is 14.7 Å². The summed E-state index contributed by atoms with van der Waals surface area (Å²) in [6.07, 6.45) is 0.573. The molecule has 0 heterocycles. The Balaban J connectivity index is 3.84. The van der Waals surface area contributed by atoms with Crippen LogP contribution in [0.25, 0.3) is 0 Å². The molecule has 2 N–H and O–H groups in total. The fourth-order valence-electron chi connectivity index (χ4n) is 0.815. The highest BCUT2D eigenvalue weighted by molar-refractivity contribution is 5.75. The van der Waals surface area contributed by atoms with Gasteiger partial charge in [-0.25, -0.2) is 0 Å². The summed E-state index contributed by atoms with van der Waals surface area (Å²) in [6.45, 7) is 3.93. The van der Waals surface area contributed by atoms with Crippen molar-refractivity contribution in [2.24, 2.45) is 5.92 Å². The topological polar surface area (TPSA) is 58.6 Å². The zero-order valence-electron chi connectivity index (χ0n) is 7.13. The van der Waals surface area contributed by atoms with E-state index in [1.54, 1.807) is 0 Å². The molecule has 4 heteroatoms. The molecule has 0 spiro atoms. The quantitative estimate of drug-likeness (QED) is 0.467. The van der Waals surface area contributed by atoms with Gasteiger partial charge in [0.15, 0.2) is 0 Å². The molecule has 0 aliphatic heterocycles. The summed E-state index contributed by atoms with van der Waals surface area (Å²) >= 11 is 0. The number of esters is 1. The summed E-state index contributed by atoms with van der Waals surface area (Å²) in [6, 6.07) is -0.597. The Morgan fingerprint density at radius 3 is 2.45 bits per heavy atom. The van der Waals surface area contributed by atoms with Crippen molar-refractivity contribution in [2.75, 3.05) is 7.11 Å². The third kappa shape index (κ3) is 3.95. The summed E-state index contributed by atoms with van der Waals surface area (Å²) in [5, 5.41) is 8.53. The van der Waals surface area contributed by atoms with Crippen LogP contribution in [0.15, 0.2) is 0 Å². The predicted octanol–water partition coefficient (Wildman–Crippen LogP) is 0.553. The maximum atomic E-state index is 10.8. The summed E-state index contributed by atoms with van der Waals surface area (Å²) in [7, 11) is 1.30. The highest BCUT2D eigenvalue weighted by atomic mass is 16.5. The molecule has 0 rings (SSSR count). The van der Waals surface area contributed by atoms with Gasteiger partial charge in [0.1, 0.15) is 6.04 Å². The smallest absolute Gasteiger partial charge is 0.325 e. The number of ether oxygens (including phenoxy) is 1. The van der Waals surface area contributed by atoms with E-state index in [0.29, 0.717) is 12.3 Å². The maximum absolute atomic E-state index is 10.8. The van der Waals surface area contributed by atoms with E-state index in [0.717, 1.165) is 0 Å². The van der Waals surface area contributed by atoms with E-state index in [1.165, 1.54) is 7.11 Å². The number of methoxy groups -OCH3 is 1. The molecule has 11 heavy (non-hydrogen) atoms. The molecule has 0 saturated carbocycles. The summed E-state index contributed by atoms with van der Waals surface area (Å²) in [4.78, 5) is 10.8. The van der Waals surface area contributed by atoms with Crippen molar-refractivity contribution in [1.29, 1.82) is 0 Å². The fourth-order valence-corrected chi connectivity index (χ4v) is 0.815. The Labute approximate surface area is 66.5 Å². The lowest BCUT2D eigenvalue weighted by atomic mass is 10.0. The minimum Gasteiger partial charge on any atom is -0.468 e. The van der Waals surface area contributed by atoms with E-state index < -0.39 is 12.0 Å². The van der Waals surface area contributed by atoms with Crippen molar-refractivity contribution >= 4 is 5.97 Å². The molecule has 4 nitrogen and oxygen atoms in total. The Hall–Kier alpha value is -0.610. The van der Waals surface area contributed by atoms with Crippen LogP contribution in [0.4, 0.5) is 0 Å².